The molecule has 3 heterocycles. The second-order valence-corrected chi connectivity index (χ2v) is 18.9. The number of benzene rings is 1. The number of fused-ring (bicyclic) bond motifs is 4. The number of carbonyl (C=O) groups is 1. The van der Waals surface area contributed by atoms with E-state index < -0.39 is 66.8 Å². The van der Waals surface area contributed by atoms with Gasteiger partial charge in [-0.15, -0.1) is 0 Å². The molecule has 0 bridgehead atoms. The number of esters is 1. The zero-order valence-electron chi connectivity index (χ0n) is 31.3. The summed E-state index contributed by atoms with van der Waals surface area (Å²) in [4.78, 5) is 31.7. The Morgan fingerprint density at radius 3 is 2.42 bits per heavy atom. The standard InChI is InChI=1S/C41H51FN2O8Si/c1-6-8-19-53(42,20-9-7-2)52-32-16-17-39(3)31(40(32,4)25-45)22-33(50-37(47)27-14-12-26(23-43)13-15-27)41(5)36(39)35(46)34-30(51-41)21-29(49-38(34)48)28-11-10-18-44-24-28/h10-15,18,21,24,31-33,35-36,45-46H,6-9,16-17,19-20,22,25H2,1-5H3/t31?,32-,33-,35-,36?,39-,40?,41+/m0/s1. The third-order valence-corrected chi connectivity index (χ3v) is 15.4. The number of ether oxygens (including phenoxy) is 2. The Labute approximate surface area is 311 Å². The zero-order valence-corrected chi connectivity index (χ0v) is 32.3. The fourth-order valence-electron chi connectivity index (χ4n) is 9.66. The normalized spacial score (nSPS) is 30.6. The number of hydrogen-bond acceptors (Lipinski definition) is 10. The fraction of sp³-hybridized carbons (Fsp3) is 0.561. The van der Waals surface area contributed by atoms with E-state index in [1.807, 2.05) is 33.8 Å². The molecule has 284 valence electrons. The summed E-state index contributed by atoms with van der Waals surface area (Å²) < 4.78 is 42.4. The molecule has 6 rings (SSSR count). The number of rotatable bonds is 12. The van der Waals surface area contributed by atoms with Gasteiger partial charge in [0.1, 0.15) is 28.8 Å². The topological polar surface area (TPSA) is 152 Å². The smallest absolute Gasteiger partial charge is 0.383 e. The third-order valence-electron chi connectivity index (χ3n) is 12.5. The molecular formula is C41H51FN2O8Si. The lowest BCUT2D eigenvalue weighted by atomic mass is 9.42. The van der Waals surface area contributed by atoms with Crippen LogP contribution in [0.1, 0.15) is 107 Å². The lowest BCUT2D eigenvalue weighted by Gasteiger charge is -2.67. The van der Waals surface area contributed by atoms with Crippen molar-refractivity contribution in [2.75, 3.05) is 6.61 Å². The van der Waals surface area contributed by atoms with Gasteiger partial charge in [-0.25, -0.2) is 9.59 Å². The van der Waals surface area contributed by atoms with Crippen molar-refractivity contribution in [2.24, 2.45) is 22.7 Å². The zero-order chi connectivity index (χ0) is 38.2. The first-order valence-corrected chi connectivity index (χ1v) is 21.1. The number of aliphatic hydroxyl groups excluding tert-OH is 2. The molecular weight excluding hydrogens is 696 g/mol. The lowest BCUT2D eigenvalue weighted by molar-refractivity contribution is -0.262. The fourth-order valence-corrected chi connectivity index (χ4v) is 12.8. The van der Waals surface area contributed by atoms with Crippen molar-refractivity contribution in [3.05, 3.63) is 82.0 Å². The van der Waals surface area contributed by atoms with Crippen LogP contribution in [0.15, 0.2) is 64.1 Å². The Morgan fingerprint density at radius 2 is 1.81 bits per heavy atom. The molecule has 1 aromatic carbocycles. The maximum absolute atomic E-state index is 16.8. The summed E-state index contributed by atoms with van der Waals surface area (Å²) in [5.41, 5.74) is -2.77. The van der Waals surface area contributed by atoms with Crippen molar-refractivity contribution < 1.29 is 37.4 Å². The van der Waals surface area contributed by atoms with Gasteiger partial charge in [0.25, 0.3) is 0 Å². The minimum Gasteiger partial charge on any atom is -0.482 e. The molecule has 10 nitrogen and oxygen atoms in total. The molecule has 3 aromatic rings. The molecule has 2 aliphatic carbocycles. The first-order chi connectivity index (χ1) is 25.3. The molecule has 2 saturated carbocycles. The SMILES string of the molecule is CCCC[Si](F)(CCCC)O[C@H]1CC[C@@]2(C)C(C[C@H](OC(=O)c3ccc(C#N)cc3)[C@@]3(C)Oc4cc(-c5cccnc5)oc(=O)c4[C@H](O)C23)C1(C)CO. The molecule has 0 saturated heterocycles. The number of halogens is 1. The number of aromatic nitrogens is 1. The molecule has 3 unspecified atom stereocenters. The van der Waals surface area contributed by atoms with Gasteiger partial charge in [0.2, 0.25) is 0 Å². The molecule has 53 heavy (non-hydrogen) atoms. The molecule has 1 aliphatic heterocycles. The molecule has 2 aromatic heterocycles. The highest BCUT2D eigenvalue weighted by molar-refractivity contribution is 6.66. The van der Waals surface area contributed by atoms with E-state index in [0.717, 1.165) is 25.7 Å². The quantitative estimate of drug-likeness (QED) is 0.107. The summed E-state index contributed by atoms with van der Waals surface area (Å²) >= 11 is 0. The van der Waals surface area contributed by atoms with E-state index >= 15 is 4.11 Å². The third kappa shape index (κ3) is 6.97. The number of aliphatic hydroxyl groups is 2. The van der Waals surface area contributed by atoms with E-state index in [1.54, 1.807) is 37.5 Å². The second-order valence-electron chi connectivity index (χ2n) is 15.9. The van der Waals surface area contributed by atoms with Gasteiger partial charge in [0, 0.05) is 35.4 Å². The number of hydrogen-bond donors (Lipinski definition) is 2. The van der Waals surface area contributed by atoms with E-state index in [0.29, 0.717) is 36.1 Å². The van der Waals surface area contributed by atoms with Crippen LogP contribution in [0.5, 0.6) is 5.75 Å². The lowest BCUT2D eigenvalue weighted by Crippen LogP contribution is -2.71. The van der Waals surface area contributed by atoms with E-state index in [4.69, 9.17) is 18.3 Å². The molecule has 0 spiro atoms. The van der Waals surface area contributed by atoms with Crippen LogP contribution in [-0.4, -0.2) is 54.2 Å². The number of carbonyl (C=O) groups excluding carboxylic acids is 1. The Morgan fingerprint density at radius 1 is 1.11 bits per heavy atom. The van der Waals surface area contributed by atoms with Gasteiger partial charge < -0.3 is 28.5 Å². The van der Waals surface area contributed by atoms with Crippen molar-refractivity contribution in [1.29, 1.82) is 5.26 Å². The Kier molecular flexibility index (Phi) is 11.1. The van der Waals surface area contributed by atoms with Crippen LogP contribution in [0.25, 0.3) is 11.3 Å². The van der Waals surface area contributed by atoms with Gasteiger partial charge in [-0.2, -0.15) is 5.26 Å². The average molecular weight is 747 g/mol. The van der Waals surface area contributed by atoms with Crippen molar-refractivity contribution in [3.8, 4) is 23.1 Å². The largest absolute Gasteiger partial charge is 0.482 e. The summed E-state index contributed by atoms with van der Waals surface area (Å²) in [6, 6.07) is 13.9. The summed E-state index contributed by atoms with van der Waals surface area (Å²) in [5.74, 6) is -1.59. The second kappa shape index (κ2) is 15.1. The molecule has 12 heteroatoms. The molecule has 3 aliphatic rings. The highest BCUT2D eigenvalue weighted by Gasteiger charge is 2.70. The predicted molar refractivity (Wildman–Crippen MR) is 198 cm³/mol. The highest BCUT2D eigenvalue weighted by Crippen LogP contribution is 2.67. The summed E-state index contributed by atoms with van der Waals surface area (Å²) in [6.45, 7) is 9.48. The Hall–Kier alpha value is -3.89. The maximum atomic E-state index is 16.8. The van der Waals surface area contributed by atoms with Crippen LogP contribution in [0, 0.1) is 34.0 Å². The molecule has 2 fully saturated rings. The first kappa shape index (κ1) is 38.8. The van der Waals surface area contributed by atoms with Crippen LogP contribution >= 0.6 is 0 Å². The van der Waals surface area contributed by atoms with Crippen LogP contribution in [0.3, 0.4) is 0 Å². The van der Waals surface area contributed by atoms with Crippen molar-refractivity contribution in [3.63, 3.8) is 0 Å². The van der Waals surface area contributed by atoms with Crippen LogP contribution in [0.4, 0.5) is 4.11 Å². The Bertz CT molecular complexity index is 1880. The van der Waals surface area contributed by atoms with E-state index in [9.17, 15) is 25.1 Å². The molecule has 8 atom stereocenters. The van der Waals surface area contributed by atoms with Crippen molar-refractivity contribution >= 4 is 14.6 Å². The van der Waals surface area contributed by atoms with Gasteiger partial charge in [-0.3, -0.25) is 9.09 Å². The number of pyridine rings is 1. The van der Waals surface area contributed by atoms with Crippen molar-refractivity contribution in [1.82, 2.24) is 4.98 Å². The minimum absolute atomic E-state index is 0.0300. The molecule has 0 amide bonds. The summed E-state index contributed by atoms with van der Waals surface area (Å²) in [7, 11) is -3.66. The highest BCUT2D eigenvalue weighted by atomic mass is 28.4. The summed E-state index contributed by atoms with van der Waals surface area (Å²) in [6.07, 6.45) is 4.42. The summed E-state index contributed by atoms with van der Waals surface area (Å²) in [5, 5.41) is 33.0. The van der Waals surface area contributed by atoms with Crippen LogP contribution in [0.2, 0.25) is 12.1 Å². The minimum atomic E-state index is -3.66. The number of nitriles is 1. The average Bonchev–Trinajstić information content (AvgIpc) is 3.15. The van der Waals surface area contributed by atoms with Crippen LogP contribution in [-0.2, 0) is 9.16 Å². The van der Waals surface area contributed by atoms with Gasteiger partial charge in [0.15, 0.2) is 0 Å². The van der Waals surface area contributed by atoms with Gasteiger partial charge in [-0.1, -0.05) is 53.4 Å². The number of nitrogens with zero attached hydrogens (tertiary/aromatic N) is 2. The molecule has 2 N–H and O–H groups in total. The van der Waals surface area contributed by atoms with Gasteiger partial charge >= 0.3 is 20.2 Å². The van der Waals surface area contributed by atoms with E-state index in [-0.39, 0.29) is 35.7 Å². The number of unbranched alkanes of at least 4 members (excludes halogenated alkanes) is 2. The van der Waals surface area contributed by atoms with E-state index in [1.165, 1.54) is 24.3 Å². The first-order valence-electron chi connectivity index (χ1n) is 18.9. The van der Waals surface area contributed by atoms with Gasteiger partial charge in [0.05, 0.1) is 36.0 Å². The molecule has 0 radical (unpaired) electrons. The Balaban J connectivity index is 1.45. The van der Waals surface area contributed by atoms with Crippen LogP contribution < -0.4 is 10.4 Å². The monoisotopic (exact) mass is 746 g/mol. The van der Waals surface area contributed by atoms with Gasteiger partial charge in [-0.05, 0) is 86.0 Å². The maximum Gasteiger partial charge on any atom is 0.383 e. The van der Waals surface area contributed by atoms with Crippen molar-refractivity contribution in [2.45, 2.75) is 116 Å². The van der Waals surface area contributed by atoms with E-state index in [2.05, 4.69) is 4.98 Å². The predicted octanol–water partition coefficient (Wildman–Crippen LogP) is 7.82.